The molecule has 4 heteroatoms. The van der Waals surface area contributed by atoms with Crippen LogP contribution in [0.2, 0.25) is 0 Å². The molecule has 0 aromatic rings. The maximum atomic E-state index is 11.6. The van der Waals surface area contributed by atoms with Crippen LogP contribution in [-0.2, 0) is 9.59 Å². The fraction of sp³-hybridized carbons (Fsp3) is 0.818. The van der Waals surface area contributed by atoms with Gasteiger partial charge >= 0.3 is 0 Å². The molecule has 1 aliphatic carbocycles. The number of amides is 2. The second kappa shape index (κ2) is 4.64. The van der Waals surface area contributed by atoms with Crippen molar-refractivity contribution < 1.29 is 9.59 Å². The molecule has 2 amide bonds. The molecule has 2 rings (SSSR count). The van der Waals surface area contributed by atoms with Gasteiger partial charge in [-0.1, -0.05) is 6.42 Å². The van der Waals surface area contributed by atoms with Gasteiger partial charge in [0.05, 0.1) is 6.54 Å². The molecule has 4 nitrogen and oxygen atoms in total. The van der Waals surface area contributed by atoms with E-state index in [4.69, 9.17) is 0 Å². The van der Waals surface area contributed by atoms with Gasteiger partial charge in [0.15, 0.2) is 0 Å². The quantitative estimate of drug-likeness (QED) is 0.738. The molecule has 2 aliphatic rings. The van der Waals surface area contributed by atoms with Crippen LogP contribution in [0.5, 0.6) is 0 Å². The highest BCUT2D eigenvalue weighted by atomic mass is 16.2. The molecule has 0 unspecified atom stereocenters. The average Bonchev–Trinajstić information content (AvgIpc) is 2.63. The van der Waals surface area contributed by atoms with Gasteiger partial charge in [-0.3, -0.25) is 9.59 Å². The van der Waals surface area contributed by atoms with Crippen molar-refractivity contribution in [3.8, 4) is 0 Å². The fourth-order valence-corrected chi connectivity index (χ4v) is 2.06. The summed E-state index contributed by atoms with van der Waals surface area (Å²) in [6.07, 6.45) is 5.33. The first-order valence-corrected chi connectivity index (χ1v) is 5.83. The van der Waals surface area contributed by atoms with E-state index >= 15 is 0 Å². The number of hydrogen-bond acceptors (Lipinski definition) is 2. The maximum absolute atomic E-state index is 11.6. The molecule has 0 spiro atoms. The largest absolute Gasteiger partial charge is 0.347 e. The van der Waals surface area contributed by atoms with E-state index in [-0.39, 0.29) is 24.3 Å². The lowest BCUT2D eigenvalue weighted by atomic mass is 9.85. The monoisotopic (exact) mass is 210 g/mol. The highest BCUT2D eigenvalue weighted by molar-refractivity contribution is 5.86. The minimum Gasteiger partial charge on any atom is -0.347 e. The Hall–Kier alpha value is -1.06. The van der Waals surface area contributed by atoms with Crippen LogP contribution in [0.1, 0.15) is 32.1 Å². The van der Waals surface area contributed by atoms with E-state index in [1.54, 1.807) is 0 Å². The molecule has 1 aliphatic heterocycles. The Morgan fingerprint density at radius 1 is 1.13 bits per heavy atom. The van der Waals surface area contributed by atoms with Crippen molar-refractivity contribution in [1.29, 1.82) is 0 Å². The molecule has 1 heterocycles. The SMILES string of the molecule is O=C(NCC(=O)N1CCCC1)C1CCC1. The van der Waals surface area contributed by atoms with Crippen molar-refractivity contribution in [1.82, 2.24) is 10.2 Å². The fourth-order valence-electron chi connectivity index (χ4n) is 2.06. The summed E-state index contributed by atoms with van der Waals surface area (Å²) in [7, 11) is 0. The number of rotatable bonds is 3. The Morgan fingerprint density at radius 3 is 2.33 bits per heavy atom. The van der Waals surface area contributed by atoms with E-state index in [0.717, 1.165) is 45.2 Å². The Morgan fingerprint density at radius 2 is 1.80 bits per heavy atom. The van der Waals surface area contributed by atoms with Crippen LogP contribution >= 0.6 is 0 Å². The second-order valence-corrected chi connectivity index (χ2v) is 4.43. The topological polar surface area (TPSA) is 49.4 Å². The lowest BCUT2D eigenvalue weighted by Crippen LogP contribution is -2.42. The van der Waals surface area contributed by atoms with E-state index in [1.165, 1.54) is 0 Å². The smallest absolute Gasteiger partial charge is 0.241 e. The first-order valence-electron chi connectivity index (χ1n) is 5.83. The highest BCUT2D eigenvalue weighted by Gasteiger charge is 2.26. The maximum Gasteiger partial charge on any atom is 0.241 e. The summed E-state index contributed by atoms with van der Waals surface area (Å²) in [4.78, 5) is 24.9. The zero-order valence-electron chi connectivity index (χ0n) is 9.00. The van der Waals surface area contributed by atoms with Crippen molar-refractivity contribution in [3.63, 3.8) is 0 Å². The first-order chi connectivity index (χ1) is 7.27. The minimum atomic E-state index is 0.0637. The van der Waals surface area contributed by atoms with Gasteiger partial charge in [-0.25, -0.2) is 0 Å². The number of carbonyl (C=O) groups is 2. The summed E-state index contributed by atoms with van der Waals surface area (Å²) in [6, 6.07) is 0. The summed E-state index contributed by atoms with van der Waals surface area (Å²) < 4.78 is 0. The second-order valence-electron chi connectivity index (χ2n) is 4.43. The summed E-state index contributed by atoms with van der Waals surface area (Å²) in [6.45, 7) is 1.91. The van der Waals surface area contributed by atoms with Gasteiger partial charge in [0.25, 0.3) is 0 Å². The Labute approximate surface area is 90.0 Å². The summed E-state index contributed by atoms with van der Waals surface area (Å²) in [5.41, 5.74) is 0. The number of likely N-dealkylation sites (tertiary alicyclic amines) is 1. The van der Waals surface area contributed by atoms with Crippen molar-refractivity contribution >= 4 is 11.8 Å². The van der Waals surface area contributed by atoms with E-state index < -0.39 is 0 Å². The number of hydrogen-bond donors (Lipinski definition) is 1. The van der Waals surface area contributed by atoms with Gasteiger partial charge in [0.1, 0.15) is 0 Å². The van der Waals surface area contributed by atoms with E-state index in [2.05, 4.69) is 5.32 Å². The van der Waals surface area contributed by atoms with Crippen LogP contribution in [0, 0.1) is 5.92 Å². The summed E-state index contributed by atoms with van der Waals surface area (Å²) >= 11 is 0. The minimum absolute atomic E-state index is 0.0637. The molecular weight excluding hydrogens is 192 g/mol. The van der Waals surface area contributed by atoms with Gasteiger partial charge in [0.2, 0.25) is 11.8 Å². The Bertz CT molecular complexity index is 255. The Balaban J connectivity index is 1.67. The van der Waals surface area contributed by atoms with Gasteiger partial charge < -0.3 is 10.2 Å². The molecule has 2 fully saturated rings. The van der Waals surface area contributed by atoms with Crippen LogP contribution in [0.15, 0.2) is 0 Å². The number of nitrogens with zero attached hydrogens (tertiary/aromatic N) is 1. The predicted molar refractivity (Wildman–Crippen MR) is 56.2 cm³/mol. The molecule has 15 heavy (non-hydrogen) atoms. The van der Waals surface area contributed by atoms with Gasteiger partial charge in [-0.05, 0) is 25.7 Å². The van der Waals surface area contributed by atoms with Crippen LogP contribution in [0.4, 0.5) is 0 Å². The summed E-state index contributed by atoms with van der Waals surface area (Å²) in [5, 5.41) is 2.73. The molecule has 0 radical (unpaired) electrons. The third kappa shape index (κ3) is 2.49. The van der Waals surface area contributed by atoms with Crippen molar-refractivity contribution in [2.24, 2.45) is 5.92 Å². The third-order valence-corrected chi connectivity index (χ3v) is 3.35. The lowest BCUT2D eigenvalue weighted by molar-refractivity contribution is -0.134. The van der Waals surface area contributed by atoms with Crippen LogP contribution < -0.4 is 5.32 Å². The molecule has 1 saturated carbocycles. The molecule has 1 N–H and O–H groups in total. The molecule has 1 saturated heterocycles. The van der Waals surface area contributed by atoms with Gasteiger partial charge in [-0.2, -0.15) is 0 Å². The van der Waals surface area contributed by atoms with Crippen LogP contribution in [0.3, 0.4) is 0 Å². The molecule has 0 bridgehead atoms. The highest BCUT2D eigenvalue weighted by Crippen LogP contribution is 2.26. The number of nitrogens with one attached hydrogen (secondary N) is 1. The van der Waals surface area contributed by atoms with Crippen molar-refractivity contribution in [2.45, 2.75) is 32.1 Å². The molecule has 0 atom stereocenters. The Kier molecular flexibility index (Phi) is 3.23. The van der Waals surface area contributed by atoms with Crippen molar-refractivity contribution in [2.75, 3.05) is 19.6 Å². The first kappa shape index (κ1) is 10.5. The zero-order valence-corrected chi connectivity index (χ0v) is 9.00. The van der Waals surface area contributed by atoms with Crippen molar-refractivity contribution in [3.05, 3.63) is 0 Å². The van der Waals surface area contributed by atoms with Crippen LogP contribution in [0.25, 0.3) is 0 Å². The van der Waals surface area contributed by atoms with Gasteiger partial charge in [-0.15, -0.1) is 0 Å². The van der Waals surface area contributed by atoms with E-state index in [1.807, 2.05) is 4.90 Å². The average molecular weight is 210 g/mol. The standard InChI is InChI=1S/C11H18N2O2/c14-10(13-6-1-2-7-13)8-12-11(15)9-4-3-5-9/h9H,1-8H2,(H,12,15). The van der Waals surface area contributed by atoms with E-state index in [9.17, 15) is 9.59 Å². The van der Waals surface area contributed by atoms with Gasteiger partial charge in [0, 0.05) is 19.0 Å². The third-order valence-electron chi connectivity index (χ3n) is 3.35. The normalized spacial score (nSPS) is 21.2. The lowest BCUT2D eigenvalue weighted by Gasteiger charge is -2.24. The van der Waals surface area contributed by atoms with E-state index in [0.29, 0.717) is 0 Å². The molecule has 0 aromatic carbocycles. The van der Waals surface area contributed by atoms with Crippen LogP contribution in [-0.4, -0.2) is 36.3 Å². The zero-order chi connectivity index (χ0) is 10.7. The molecule has 84 valence electrons. The number of carbonyl (C=O) groups excluding carboxylic acids is 2. The summed E-state index contributed by atoms with van der Waals surface area (Å²) in [5.74, 6) is 0.311. The molecule has 0 aromatic heterocycles. The predicted octanol–water partition coefficient (Wildman–Crippen LogP) is 0.525. The molecular formula is C11H18N2O2.